The van der Waals surface area contributed by atoms with Crippen LogP contribution in [0, 0.1) is 0 Å². The first kappa shape index (κ1) is 14.8. The Bertz CT molecular complexity index is 737. The zero-order valence-electron chi connectivity index (χ0n) is 13.2. The highest BCUT2D eigenvalue weighted by Gasteiger charge is 2.16. The number of nitrogens with zero attached hydrogens (tertiary/aromatic N) is 6. The summed E-state index contributed by atoms with van der Waals surface area (Å²) in [6.45, 7) is 3.78. The van der Waals surface area contributed by atoms with Crippen molar-refractivity contribution in [3.05, 3.63) is 35.4 Å². The molecule has 8 heteroatoms. The third kappa shape index (κ3) is 3.44. The van der Waals surface area contributed by atoms with Crippen molar-refractivity contribution in [2.45, 2.75) is 32.0 Å². The third-order valence-electron chi connectivity index (χ3n) is 4.34. The summed E-state index contributed by atoms with van der Waals surface area (Å²) in [7, 11) is 2.18. The molecule has 1 aliphatic rings. The number of nitrogens with one attached hydrogen (secondary N) is 1. The van der Waals surface area contributed by atoms with Crippen LogP contribution < -0.4 is 5.32 Å². The Morgan fingerprint density at radius 3 is 2.96 bits per heavy atom. The van der Waals surface area contributed by atoms with Crippen LogP contribution in [0.2, 0.25) is 0 Å². The van der Waals surface area contributed by atoms with Crippen LogP contribution in [0.3, 0.4) is 0 Å². The van der Waals surface area contributed by atoms with Crippen LogP contribution in [0.15, 0.2) is 24.0 Å². The van der Waals surface area contributed by atoms with Crippen molar-refractivity contribution in [2.75, 3.05) is 20.1 Å². The Kier molecular flexibility index (Phi) is 4.11. The summed E-state index contributed by atoms with van der Waals surface area (Å²) < 4.78 is 3.90. The molecule has 0 saturated carbocycles. The standard InChI is InChI=1S/C15H21N7S/c1-20-4-2-12(3-5-20)16-8-13-10-22(19-18-13)11-14-9-21-6-7-23-15(21)17-14/h6-7,9-10,12,16H,2-5,8,11H2,1H3. The smallest absolute Gasteiger partial charge is 0.193 e. The second kappa shape index (κ2) is 6.38. The maximum Gasteiger partial charge on any atom is 0.193 e. The van der Waals surface area contributed by atoms with Crippen molar-refractivity contribution in [1.82, 2.24) is 34.6 Å². The molecule has 3 aromatic rings. The Hall–Kier alpha value is -1.77. The summed E-state index contributed by atoms with van der Waals surface area (Å²) >= 11 is 1.64. The summed E-state index contributed by atoms with van der Waals surface area (Å²) in [5, 5.41) is 14.1. The second-order valence-corrected chi connectivity index (χ2v) is 7.06. The van der Waals surface area contributed by atoms with Crippen molar-refractivity contribution in [3.63, 3.8) is 0 Å². The molecule has 122 valence electrons. The van der Waals surface area contributed by atoms with E-state index >= 15 is 0 Å². The lowest BCUT2D eigenvalue weighted by Crippen LogP contribution is -2.40. The number of fused-ring (bicyclic) bond motifs is 1. The number of piperidine rings is 1. The summed E-state index contributed by atoms with van der Waals surface area (Å²) in [4.78, 5) is 7.97. The van der Waals surface area contributed by atoms with Gasteiger partial charge in [0, 0.05) is 30.4 Å². The number of imidazole rings is 1. The molecule has 1 aliphatic heterocycles. The van der Waals surface area contributed by atoms with Gasteiger partial charge < -0.3 is 10.2 Å². The fourth-order valence-electron chi connectivity index (χ4n) is 2.98. The fraction of sp³-hybridized carbons (Fsp3) is 0.533. The number of thiazole rings is 1. The van der Waals surface area contributed by atoms with E-state index in [1.54, 1.807) is 11.3 Å². The van der Waals surface area contributed by atoms with Crippen LogP contribution in [0.25, 0.3) is 4.96 Å². The minimum absolute atomic E-state index is 0.594. The number of hydrogen-bond acceptors (Lipinski definition) is 6. The Morgan fingerprint density at radius 2 is 2.13 bits per heavy atom. The van der Waals surface area contributed by atoms with Gasteiger partial charge in [-0.3, -0.25) is 4.40 Å². The molecule has 0 radical (unpaired) electrons. The number of rotatable bonds is 5. The largest absolute Gasteiger partial charge is 0.308 e. The van der Waals surface area contributed by atoms with Gasteiger partial charge in [0.15, 0.2) is 4.96 Å². The summed E-state index contributed by atoms with van der Waals surface area (Å²) in [6.07, 6.45) is 8.49. The molecule has 0 aromatic carbocycles. The van der Waals surface area contributed by atoms with Gasteiger partial charge in [-0.05, 0) is 33.0 Å². The van der Waals surface area contributed by atoms with Crippen LogP contribution in [-0.4, -0.2) is 55.5 Å². The predicted octanol–water partition coefficient (Wildman–Crippen LogP) is 1.22. The maximum absolute atomic E-state index is 4.58. The van der Waals surface area contributed by atoms with Gasteiger partial charge in [-0.1, -0.05) is 5.21 Å². The lowest BCUT2D eigenvalue weighted by atomic mass is 10.1. The first-order valence-electron chi connectivity index (χ1n) is 7.98. The molecule has 1 fully saturated rings. The molecule has 4 heterocycles. The molecule has 0 spiro atoms. The fourth-order valence-corrected chi connectivity index (χ4v) is 3.70. The highest BCUT2D eigenvalue weighted by Crippen LogP contribution is 2.12. The Balaban J connectivity index is 1.32. The molecular weight excluding hydrogens is 310 g/mol. The predicted molar refractivity (Wildman–Crippen MR) is 89.6 cm³/mol. The first-order valence-corrected chi connectivity index (χ1v) is 8.86. The molecule has 0 amide bonds. The van der Waals surface area contributed by atoms with Crippen molar-refractivity contribution in [3.8, 4) is 0 Å². The number of aromatic nitrogens is 5. The summed E-state index contributed by atoms with van der Waals surface area (Å²) in [5.74, 6) is 0. The van der Waals surface area contributed by atoms with Gasteiger partial charge in [-0.2, -0.15) is 0 Å². The van der Waals surface area contributed by atoms with Gasteiger partial charge in [-0.25, -0.2) is 9.67 Å². The summed E-state index contributed by atoms with van der Waals surface area (Å²) in [6, 6.07) is 0.594. The molecule has 0 unspecified atom stereocenters. The molecule has 4 rings (SSSR count). The van der Waals surface area contributed by atoms with E-state index in [4.69, 9.17) is 0 Å². The average molecular weight is 331 g/mol. The minimum atomic E-state index is 0.594. The molecule has 0 bridgehead atoms. The van der Waals surface area contributed by atoms with E-state index in [9.17, 15) is 0 Å². The SMILES string of the molecule is CN1CCC(NCc2cn(Cc3cn4ccsc4n3)nn2)CC1. The van der Waals surface area contributed by atoms with E-state index in [1.807, 2.05) is 33.1 Å². The van der Waals surface area contributed by atoms with Crippen molar-refractivity contribution in [2.24, 2.45) is 0 Å². The molecule has 23 heavy (non-hydrogen) atoms. The second-order valence-electron chi connectivity index (χ2n) is 6.19. The third-order valence-corrected chi connectivity index (χ3v) is 5.11. The van der Waals surface area contributed by atoms with Gasteiger partial charge in [0.2, 0.25) is 0 Å². The zero-order valence-corrected chi connectivity index (χ0v) is 14.0. The molecule has 0 aliphatic carbocycles. The monoisotopic (exact) mass is 331 g/mol. The first-order chi connectivity index (χ1) is 11.3. The molecule has 0 atom stereocenters. The summed E-state index contributed by atoms with van der Waals surface area (Å²) in [5.41, 5.74) is 2.00. The molecule has 1 N–H and O–H groups in total. The Labute approximate surface area is 138 Å². The van der Waals surface area contributed by atoms with E-state index < -0.39 is 0 Å². The van der Waals surface area contributed by atoms with Crippen LogP contribution >= 0.6 is 11.3 Å². The van der Waals surface area contributed by atoms with Crippen molar-refractivity contribution >= 4 is 16.3 Å². The Morgan fingerprint density at radius 1 is 1.26 bits per heavy atom. The van der Waals surface area contributed by atoms with Crippen LogP contribution in [0.5, 0.6) is 0 Å². The average Bonchev–Trinajstić information content (AvgIpc) is 3.23. The molecule has 7 nitrogen and oxygen atoms in total. The topological polar surface area (TPSA) is 63.3 Å². The van der Waals surface area contributed by atoms with Crippen molar-refractivity contribution < 1.29 is 0 Å². The van der Waals surface area contributed by atoms with Crippen LogP contribution in [-0.2, 0) is 13.1 Å². The van der Waals surface area contributed by atoms with Gasteiger partial charge in [0.25, 0.3) is 0 Å². The number of hydrogen-bond donors (Lipinski definition) is 1. The lowest BCUT2D eigenvalue weighted by Gasteiger charge is -2.29. The van der Waals surface area contributed by atoms with E-state index in [0.29, 0.717) is 12.6 Å². The molecular formula is C15H21N7S. The van der Waals surface area contributed by atoms with Crippen molar-refractivity contribution in [1.29, 1.82) is 0 Å². The maximum atomic E-state index is 4.58. The lowest BCUT2D eigenvalue weighted by molar-refractivity contribution is 0.233. The van der Waals surface area contributed by atoms with Gasteiger partial charge in [-0.15, -0.1) is 16.4 Å². The number of likely N-dealkylation sites (tertiary alicyclic amines) is 1. The van der Waals surface area contributed by atoms with Crippen LogP contribution in [0.1, 0.15) is 24.2 Å². The van der Waals surface area contributed by atoms with E-state index in [2.05, 4.69) is 32.6 Å². The molecule has 1 saturated heterocycles. The van der Waals surface area contributed by atoms with Crippen LogP contribution in [0.4, 0.5) is 0 Å². The quantitative estimate of drug-likeness (QED) is 0.762. The molecule has 3 aromatic heterocycles. The van der Waals surface area contributed by atoms with E-state index in [0.717, 1.165) is 22.9 Å². The normalized spacial score (nSPS) is 17.3. The van der Waals surface area contributed by atoms with Gasteiger partial charge >= 0.3 is 0 Å². The van der Waals surface area contributed by atoms with Gasteiger partial charge in [0.05, 0.1) is 24.1 Å². The minimum Gasteiger partial charge on any atom is -0.308 e. The highest BCUT2D eigenvalue weighted by atomic mass is 32.1. The van der Waals surface area contributed by atoms with Gasteiger partial charge in [0.1, 0.15) is 0 Å². The highest BCUT2D eigenvalue weighted by molar-refractivity contribution is 7.15. The zero-order chi connectivity index (χ0) is 15.6. The van der Waals surface area contributed by atoms with E-state index in [-0.39, 0.29) is 0 Å². The van der Waals surface area contributed by atoms with E-state index in [1.165, 1.54) is 25.9 Å².